The van der Waals surface area contributed by atoms with Crippen molar-refractivity contribution in [3.8, 4) is 0 Å². The van der Waals surface area contributed by atoms with Crippen LogP contribution in [0.1, 0.15) is 33.1 Å². The predicted molar refractivity (Wildman–Crippen MR) is 56.2 cm³/mol. The van der Waals surface area contributed by atoms with E-state index in [0.29, 0.717) is 24.3 Å². The maximum Gasteiger partial charge on any atom is 0.303 e. The maximum atomic E-state index is 10.8. The van der Waals surface area contributed by atoms with Crippen LogP contribution < -0.4 is 0 Å². The lowest BCUT2D eigenvalue weighted by atomic mass is 9.84. The summed E-state index contributed by atoms with van der Waals surface area (Å²) in [6.07, 6.45) is 2.68. The first-order valence-electron chi connectivity index (χ1n) is 5.44. The Balaban J connectivity index is 2.61. The van der Waals surface area contributed by atoms with Crippen molar-refractivity contribution in [2.75, 3.05) is 13.6 Å². The highest BCUT2D eigenvalue weighted by molar-refractivity contribution is 5.67. The normalized spacial score (nSPS) is 25.6. The van der Waals surface area contributed by atoms with E-state index < -0.39 is 5.97 Å². The van der Waals surface area contributed by atoms with Gasteiger partial charge in [0.15, 0.2) is 0 Å². The van der Waals surface area contributed by atoms with E-state index in [1.165, 1.54) is 6.42 Å². The molecule has 0 amide bonds. The summed E-state index contributed by atoms with van der Waals surface area (Å²) >= 11 is 0. The van der Waals surface area contributed by atoms with E-state index in [1.807, 2.05) is 0 Å². The largest absolute Gasteiger partial charge is 0.481 e. The van der Waals surface area contributed by atoms with E-state index in [1.54, 1.807) is 0 Å². The molecule has 3 nitrogen and oxygen atoms in total. The summed E-state index contributed by atoms with van der Waals surface area (Å²) in [5.41, 5.74) is 0. The zero-order chi connectivity index (χ0) is 10.7. The lowest BCUT2D eigenvalue weighted by Gasteiger charge is -2.30. The zero-order valence-corrected chi connectivity index (χ0v) is 9.36. The van der Waals surface area contributed by atoms with Gasteiger partial charge >= 0.3 is 5.97 Å². The molecule has 1 saturated heterocycles. The molecule has 14 heavy (non-hydrogen) atoms. The van der Waals surface area contributed by atoms with Crippen LogP contribution in [0.2, 0.25) is 0 Å². The van der Waals surface area contributed by atoms with Crippen molar-refractivity contribution in [1.29, 1.82) is 0 Å². The number of hydrogen-bond donors (Lipinski definition) is 1. The molecule has 1 aliphatic heterocycles. The molecule has 1 fully saturated rings. The molecule has 1 rings (SSSR count). The molecule has 0 spiro atoms. The van der Waals surface area contributed by atoms with Crippen LogP contribution in [-0.2, 0) is 4.79 Å². The van der Waals surface area contributed by atoms with Crippen LogP contribution in [0.3, 0.4) is 0 Å². The third kappa shape index (κ3) is 2.71. The molecule has 82 valence electrons. The van der Waals surface area contributed by atoms with E-state index in [9.17, 15) is 4.79 Å². The Morgan fingerprint density at radius 2 is 2.21 bits per heavy atom. The van der Waals surface area contributed by atoms with Gasteiger partial charge in [-0.15, -0.1) is 0 Å². The SMILES string of the molecule is CC(C)C(CC(=O)O)C1CCCN1C. The Morgan fingerprint density at radius 3 is 2.57 bits per heavy atom. The van der Waals surface area contributed by atoms with Crippen molar-refractivity contribution >= 4 is 5.97 Å². The molecule has 2 unspecified atom stereocenters. The fourth-order valence-corrected chi connectivity index (χ4v) is 2.49. The summed E-state index contributed by atoms with van der Waals surface area (Å²) in [6.45, 7) is 5.37. The first-order valence-corrected chi connectivity index (χ1v) is 5.44. The third-order valence-corrected chi connectivity index (χ3v) is 3.34. The van der Waals surface area contributed by atoms with E-state index >= 15 is 0 Å². The fourth-order valence-electron chi connectivity index (χ4n) is 2.49. The first-order chi connectivity index (χ1) is 6.52. The number of carbonyl (C=O) groups is 1. The summed E-state index contributed by atoms with van der Waals surface area (Å²) in [4.78, 5) is 13.1. The molecule has 2 atom stereocenters. The highest BCUT2D eigenvalue weighted by atomic mass is 16.4. The van der Waals surface area contributed by atoms with Gasteiger partial charge in [-0.1, -0.05) is 13.8 Å². The van der Waals surface area contributed by atoms with Crippen LogP contribution in [0.15, 0.2) is 0 Å². The fraction of sp³-hybridized carbons (Fsp3) is 0.909. The topological polar surface area (TPSA) is 40.5 Å². The van der Waals surface area contributed by atoms with Crippen molar-refractivity contribution in [2.45, 2.75) is 39.2 Å². The summed E-state index contributed by atoms with van der Waals surface area (Å²) < 4.78 is 0. The van der Waals surface area contributed by atoms with Crippen molar-refractivity contribution in [2.24, 2.45) is 11.8 Å². The van der Waals surface area contributed by atoms with Crippen LogP contribution in [0.5, 0.6) is 0 Å². The number of carboxylic acids is 1. The van der Waals surface area contributed by atoms with Crippen LogP contribution in [0, 0.1) is 11.8 Å². The molecule has 1 N–H and O–H groups in total. The lowest BCUT2D eigenvalue weighted by molar-refractivity contribution is -0.139. The van der Waals surface area contributed by atoms with Crippen molar-refractivity contribution in [1.82, 2.24) is 4.90 Å². The predicted octanol–water partition coefficient (Wildman–Crippen LogP) is 1.83. The first kappa shape index (κ1) is 11.5. The second kappa shape index (κ2) is 4.78. The zero-order valence-electron chi connectivity index (χ0n) is 9.36. The van der Waals surface area contributed by atoms with Crippen LogP contribution in [0.25, 0.3) is 0 Å². The molecule has 0 aromatic rings. The monoisotopic (exact) mass is 199 g/mol. The van der Waals surface area contributed by atoms with Gasteiger partial charge in [-0.25, -0.2) is 0 Å². The average Bonchev–Trinajstić information content (AvgIpc) is 2.46. The molecular weight excluding hydrogens is 178 g/mol. The summed E-state index contributed by atoms with van der Waals surface area (Å²) in [5, 5.41) is 8.86. The van der Waals surface area contributed by atoms with Gasteiger partial charge in [0, 0.05) is 12.5 Å². The molecule has 1 aliphatic rings. The minimum Gasteiger partial charge on any atom is -0.481 e. The minimum absolute atomic E-state index is 0.306. The van der Waals surface area contributed by atoms with Gasteiger partial charge in [0.1, 0.15) is 0 Å². The van der Waals surface area contributed by atoms with Gasteiger partial charge < -0.3 is 10.0 Å². The van der Waals surface area contributed by atoms with Gasteiger partial charge in [0.2, 0.25) is 0 Å². The van der Waals surface area contributed by atoms with E-state index in [2.05, 4.69) is 25.8 Å². The Hall–Kier alpha value is -0.570. The van der Waals surface area contributed by atoms with E-state index in [-0.39, 0.29) is 0 Å². The summed E-state index contributed by atoms with van der Waals surface area (Å²) in [5.74, 6) is 0.0978. The Bertz CT molecular complexity index is 203. The third-order valence-electron chi connectivity index (χ3n) is 3.34. The number of aliphatic carboxylic acids is 1. The van der Waals surface area contributed by atoms with Gasteiger partial charge in [-0.05, 0) is 38.3 Å². The van der Waals surface area contributed by atoms with E-state index in [0.717, 1.165) is 13.0 Å². The van der Waals surface area contributed by atoms with Crippen molar-refractivity contribution < 1.29 is 9.90 Å². The second-order valence-corrected chi connectivity index (χ2v) is 4.70. The second-order valence-electron chi connectivity index (χ2n) is 4.70. The highest BCUT2D eigenvalue weighted by Gasteiger charge is 2.32. The Kier molecular flexibility index (Phi) is 3.93. The molecule has 0 aliphatic carbocycles. The molecule has 3 heteroatoms. The lowest BCUT2D eigenvalue weighted by Crippen LogP contribution is -2.36. The highest BCUT2D eigenvalue weighted by Crippen LogP contribution is 2.29. The number of hydrogen-bond acceptors (Lipinski definition) is 2. The Morgan fingerprint density at radius 1 is 1.57 bits per heavy atom. The minimum atomic E-state index is -0.663. The van der Waals surface area contributed by atoms with Gasteiger partial charge in [-0.2, -0.15) is 0 Å². The number of likely N-dealkylation sites (tertiary alicyclic amines) is 1. The standard InChI is InChI=1S/C11H21NO2/c1-8(2)9(7-11(13)14)10-5-4-6-12(10)3/h8-10H,4-7H2,1-3H3,(H,13,14). The number of nitrogens with zero attached hydrogens (tertiary/aromatic N) is 1. The number of carboxylic acid groups (broad SMARTS) is 1. The molecule has 1 heterocycles. The van der Waals surface area contributed by atoms with Crippen molar-refractivity contribution in [3.63, 3.8) is 0 Å². The molecule has 0 aromatic heterocycles. The van der Waals surface area contributed by atoms with Gasteiger partial charge in [0.05, 0.1) is 0 Å². The molecule has 0 bridgehead atoms. The quantitative estimate of drug-likeness (QED) is 0.751. The summed E-state index contributed by atoms with van der Waals surface area (Å²) in [6, 6.07) is 0.478. The van der Waals surface area contributed by atoms with Crippen LogP contribution in [-0.4, -0.2) is 35.6 Å². The summed E-state index contributed by atoms with van der Waals surface area (Å²) in [7, 11) is 2.11. The van der Waals surface area contributed by atoms with Crippen LogP contribution >= 0.6 is 0 Å². The number of rotatable bonds is 4. The molecule has 0 radical (unpaired) electrons. The van der Waals surface area contributed by atoms with Crippen LogP contribution in [0.4, 0.5) is 0 Å². The molecule has 0 aromatic carbocycles. The maximum absolute atomic E-state index is 10.8. The average molecular weight is 199 g/mol. The van der Waals surface area contributed by atoms with E-state index in [4.69, 9.17) is 5.11 Å². The molecule has 0 saturated carbocycles. The van der Waals surface area contributed by atoms with Crippen molar-refractivity contribution in [3.05, 3.63) is 0 Å². The Labute approximate surface area is 86.1 Å². The van der Waals surface area contributed by atoms with Gasteiger partial charge in [-0.3, -0.25) is 4.79 Å². The molecular formula is C11H21NO2. The van der Waals surface area contributed by atoms with Gasteiger partial charge in [0.25, 0.3) is 0 Å². The smallest absolute Gasteiger partial charge is 0.303 e.